The Morgan fingerprint density at radius 3 is 2.69 bits per heavy atom. The van der Waals surface area contributed by atoms with E-state index < -0.39 is 6.04 Å². The molecule has 0 spiro atoms. The van der Waals surface area contributed by atoms with E-state index in [9.17, 15) is 4.79 Å². The molecule has 0 aliphatic carbocycles. The lowest BCUT2D eigenvalue weighted by Crippen LogP contribution is -2.52. The molecule has 1 unspecified atom stereocenters. The van der Waals surface area contributed by atoms with Gasteiger partial charge >= 0.3 is 5.97 Å². The van der Waals surface area contributed by atoms with Crippen molar-refractivity contribution in [3.8, 4) is 0 Å². The Labute approximate surface area is 166 Å². The summed E-state index contributed by atoms with van der Waals surface area (Å²) in [5.74, 6) is -0.300. The number of rotatable bonds is 5. The molecule has 0 radical (unpaired) electrons. The van der Waals surface area contributed by atoms with Crippen molar-refractivity contribution < 1.29 is 14.4 Å². The second-order valence-corrected chi connectivity index (χ2v) is 7.28. The molecule has 0 saturated carbocycles. The van der Waals surface area contributed by atoms with Gasteiger partial charge in [0.1, 0.15) is 12.8 Å². The first kappa shape index (κ1) is 19.2. The summed E-state index contributed by atoms with van der Waals surface area (Å²) < 4.78 is 5.94. The van der Waals surface area contributed by atoms with E-state index in [1.54, 1.807) is 5.06 Å². The van der Waals surface area contributed by atoms with Crippen LogP contribution in [0.25, 0.3) is 0 Å². The largest absolute Gasteiger partial charge is 0.468 e. The Hall–Kier alpha value is -1.60. The van der Waals surface area contributed by atoms with Crippen LogP contribution in [0, 0.1) is 0 Å². The standard InChI is InChI=1S/C19H20BrClN2O3/c1-25-19(24)18(11-14-5-3-2-4-6-14)23-10-9-22(13-26-23)17-12-15(21)7-8-16(17)20/h2-8,12,18H,9-11,13H2,1H3. The predicted octanol–water partition coefficient (Wildman–Crippen LogP) is 3.90. The number of carbonyl (C=O) groups excluding carboxylic acids is 1. The number of esters is 1. The van der Waals surface area contributed by atoms with Gasteiger partial charge in [0.2, 0.25) is 0 Å². The fourth-order valence-electron chi connectivity index (χ4n) is 2.93. The monoisotopic (exact) mass is 438 g/mol. The van der Waals surface area contributed by atoms with Crippen LogP contribution in [0.3, 0.4) is 0 Å². The molecule has 2 aromatic carbocycles. The Balaban J connectivity index is 1.69. The van der Waals surface area contributed by atoms with Crippen LogP contribution in [0.15, 0.2) is 53.0 Å². The van der Waals surface area contributed by atoms with Crippen LogP contribution in [0.2, 0.25) is 5.02 Å². The maximum absolute atomic E-state index is 12.3. The van der Waals surface area contributed by atoms with Crippen molar-refractivity contribution in [2.45, 2.75) is 12.5 Å². The summed E-state index contributed by atoms with van der Waals surface area (Å²) >= 11 is 9.65. The normalized spacial score (nSPS) is 16.3. The lowest BCUT2D eigenvalue weighted by molar-refractivity contribution is -0.210. The van der Waals surface area contributed by atoms with Crippen LogP contribution < -0.4 is 4.90 Å². The molecule has 1 saturated heterocycles. The molecule has 138 valence electrons. The molecule has 0 amide bonds. The molecule has 1 atom stereocenters. The highest BCUT2D eigenvalue weighted by molar-refractivity contribution is 9.10. The molecule has 3 rings (SSSR count). The zero-order chi connectivity index (χ0) is 18.5. The SMILES string of the molecule is COC(=O)C(Cc1ccccc1)N1CCN(c2cc(Cl)ccc2Br)CO1. The van der Waals surface area contributed by atoms with Crippen molar-refractivity contribution in [2.24, 2.45) is 0 Å². The highest BCUT2D eigenvalue weighted by atomic mass is 79.9. The minimum absolute atomic E-state index is 0.300. The van der Waals surface area contributed by atoms with Gasteiger partial charge in [-0.05, 0) is 39.7 Å². The zero-order valence-electron chi connectivity index (χ0n) is 14.4. The molecule has 1 aliphatic heterocycles. The van der Waals surface area contributed by atoms with Gasteiger partial charge < -0.3 is 9.64 Å². The van der Waals surface area contributed by atoms with Gasteiger partial charge in [-0.25, -0.2) is 0 Å². The number of anilines is 1. The van der Waals surface area contributed by atoms with Crippen molar-refractivity contribution in [1.82, 2.24) is 5.06 Å². The number of methoxy groups -OCH3 is 1. The summed E-state index contributed by atoms with van der Waals surface area (Å²) in [5.41, 5.74) is 2.03. The fourth-order valence-corrected chi connectivity index (χ4v) is 3.60. The average Bonchev–Trinajstić information content (AvgIpc) is 2.68. The summed E-state index contributed by atoms with van der Waals surface area (Å²) in [6.07, 6.45) is 0.536. The number of hydroxylamine groups is 2. The first-order valence-corrected chi connectivity index (χ1v) is 9.47. The lowest BCUT2D eigenvalue weighted by atomic mass is 10.1. The molecule has 0 bridgehead atoms. The molecule has 26 heavy (non-hydrogen) atoms. The van der Waals surface area contributed by atoms with Gasteiger partial charge in [0, 0.05) is 29.0 Å². The van der Waals surface area contributed by atoms with Crippen molar-refractivity contribution in [3.05, 3.63) is 63.6 Å². The smallest absolute Gasteiger partial charge is 0.325 e. The second kappa shape index (κ2) is 8.86. The van der Waals surface area contributed by atoms with E-state index in [-0.39, 0.29) is 5.97 Å². The molecule has 5 nitrogen and oxygen atoms in total. The number of benzene rings is 2. The van der Waals surface area contributed by atoms with Crippen molar-refractivity contribution in [1.29, 1.82) is 0 Å². The molecule has 0 aromatic heterocycles. The number of carbonyl (C=O) groups is 1. The third-order valence-corrected chi connectivity index (χ3v) is 5.22. The van der Waals surface area contributed by atoms with E-state index >= 15 is 0 Å². The highest BCUT2D eigenvalue weighted by Crippen LogP contribution is 2.30. The van der Waals surface area contributed by atoms with E-state index in [2.05, 4.69) is 20.8 Å². The Kier molecular flexibility index (Phi) is 6.53. The summed E-state index contributed by atoms with van der Waals surface area (Å²) in [6.45, 7) is 1.62. The first-order valence-electron chi connectivity index (χ1n) is 8.30. The quantitative estimate of drug-likeness (QED) is 0.661. The third-order valence-electron chi connectivity index (χ3n) is 4.31. The van der Waals surface area contributed by atoms with E-state index in [0.29, 0.717) is 31.3 Å². The van der Waals surface area contributed by atoms with Gasteiger partial charge in [0.25, 0.3) is 0 Å². The fraction of sp³-hybridized carbons (Fsp3) is 0.316. The second-order valence-electron chi connectivity index (χ2n) is 5.99. The van der Waals surface area contributed by atoms with E-state index in [0.717, 1.165) is 15.7 Å². The Bertz CT molecular complexity index is 752. The summed E-state index contributed by atoms with van der Waals surface area (Å²) in [5, 5.41) is 2.38. The molecule has 2 aromatic rings. The van der Waals surface area contributed by atoms with Crippen LogP contribution in [-0.4, -0.2) is 44.0 Å². The summed E-state index contributed by atoms with van der Waals surface area (Å²) in [7, 11) is 1.40. The number of nitrogens with zero attached hydrogens (tertiary/aromatic N) is 2. The predicted molar refractivity (Wildman–Crippen MR) is 105 cm³/mol. The number of ether oxygens (including phenoxy) is 1. The molecule has 1 fully saturated rings. The van der Waals surface area contributed by atoms with Gasteiger partial charge in [-0.3, -0.25) is 9.63 Å². The van der Waals surface area contributed by atoms with Crippen molar-refractivity contribution in [3.63, 3.8) is 0 Å². The molecule has 0 N–H and O–H groups in total. The molecular weight excluding hydrogens is 420 g/mol. The van der Waals surface area contributed by atoms with Gasteiger partial charge in [0.15, 0.2) is 0 Å². The van der Waals surface area contributed by atoms with E-state index in [1.807, 2.05) is 48.5 Å². The van der Waals surface area contributed by atoms with Crippen molar-refractivity contribution in [2.75, 3.05) is 31.8 Å². The Morgan fingerprint density at radius 1 is 1.27 bits per heavy atom. The maximum Gasteiger partial charge on any atom is 0.325 e. The van der Waals surface area contributed by atoms with Crippen molar-refractivity contribution >= 4 is 39.2 Å². The molecule has 1 aliphatic rings. The zero-order valence-corrected chi connectivity index (χ0v) is 16.7. The van der Waals surface area contributed by atoms with Gasteiger partial charge in [0.05, 0.1) is 12.8 Å². The topological polar surface area (TPSA) is 42.0 Å². The minimum Gasteiger partial charge on any atom is -0.468 e. The van der Waals surface area contributed by atoms with Crippen LogP contribution in [0.5, 0.6) is 0 Å². The van der Waals surface area contributed by atoms with Crippen LogP contribution in [0.1, 0.15) is 5.56 Å². The van der Waals surface area contributed by atoms with Gasteiger partial charge in [-0.15, -0.1) is 0 Å². The maximum atomic E-state index is 12.3. The molecule has 7 heteroatoms. The molecular formula is C19H20BrClN2O3. The minimum atomic E-state index is -0.479. The summed E-state index contributed by atoms with van der Waals surface area (Å²) in [6, 6.07) is 15.0. The average molecular weight is 440 g/mol. The number of hydrogen-bond donors (Lipinski definition) is 0. The lowest BCUT2D eigenvalue weighted by Gasteiger charge is -2.38. The van der Waals surface area contributed by atoms with E-state index in [4.69, 9.17) is 21.2 Å². The van der Waals surface area contributed by atoms with Crippen LogP contribution >= 0.6 is 27.5 Å². The van der Waals surface area contributed by atoms with Crippen LogP contribution in [-0.2, 0) is 20.8 Å². The van der Waals surface area contributed by atoms with Gasteiger partial charge in [-0.2, -0.15) is 5.06 Å². The summed E-state index contributed by atoms with van der Waals surface area (Å²) in [4.78, 5) is 20.2. The highest BCUT2D eigenvalue weighted by Gasteiger charge is 2.31. The first-order chi connectivity index (χ1) is 12.6. The number of hydrogen-bond acceptors (Lipinski definition) is 5. The number of halogens is 2. The Morgan fingerprint density at radius 2 is 2.04 bits per heavy atom. The van der Waals surface area contributed by atoms with E-state index in [1.165, 1.54) is 7.11 Å². The van der Waals surface area contributed by atoms with Gasteiger partial charge in [-0.1, -0.05) is 41.9 Å². The van der Waals surface area contributed by atoms with Crippen LogP contribution in [0.4, 0.5) is 5.69 Å². The molecule has 1 heterocycles. The third kappa shape index (κ3) is 4.57.